The summed E-state index contributed by atoms with van der Waals surface area (Å²) in [7, 11) is 0. The predicted octanol–water partition coefficient (Wildman–Crippen LogP) is 1.27. The molecule has 0 bridgehead atoms. The Bertz CT molecular complexity index is 371. The van der Waals surface area contributed by atoms with Gasteiger partial charge in [-0.25, -0.2) is 0 Å². The highest BCUT2D eigenvalue weighted by Gasteiger charge is 2.32. The first-order valence-electron chi connectivity index (χ1n) is 5.40. The van der Waals surface area contributed by atoms with Crippen molar-refractivity contribution in [3.8, 4) is 0 Å². The van der Waals surface area contributed by atoms with Crippen LogP contribution in [0.15, 0.2) is 12.4 Å². The Hall–Kier alpha value is -1.08. The van der Waals surface area contributed by atoms with E-state index in [1.165, 1.54) is 4.68 Å². The van der Waals surface area contributed by atoms with E-state index in [2.05, 4.69) is 5.10 Å². The lowest BCUT2D eigenvalue weighted by Crippen LogP contribution is -2.35. The van der Waals surface area contributed by atoms with Gasteiger partial charge in [-0.15, -0.1) is 0 Å². The van der Waals surface area contributed by atoms with Crippen LogP contribution in [0.5, 0.6) is 0 Å². The number of halogens is 3. The molecule has 2 heterocycles. The highest BCUT2D eigenvalue weighted by Crippen LogP contribution is 2.28. The van der Waals surface area contributed by atoms with E-state index in [0.29, 0.717) is 13.2 Å². The fraction of sp³-hybridized carbons (Fsp3) is 0.700. The summed E-state index contributed by atoms with van der Waals surface area (Å²) >= 11 is 0. The zero-order valence-electron chi connectivity index (χ0n) is 9.15. The number of hydrogen-bond donors (Lipinski definition) is 1. The van der Waals surface area contributed by atoms with Crippen LogP contribution in [0.1, 0.15) is 12.0 Å². The molecule has 1 aliphatic rings. The molecule has 0 amide bonds. The second kappa shape index (κ2) is 4.66. The molecule has 0 radical (unpaired) electrons. The van der Waals surface area contributed by atoms with Gasteiger partial charge in [0.15, 0.2) is 0 Å². The van der Waals surface area contributed by atoms with Crippen LogP contribution >= 0.6 is 0 Å². The van der Waals surface area contributed by atoms with Crippen LogP contribution in [0.4, 0.5) is 13.2 Å². The van der Waals surface area contributed by atoms with Crippen molar-refractivity contribution in [3.05, 3.63) is 18.0 Å². The monoisotopic (exact) mass is 249 g/mol. The molecule has 96 valence electrons. The van der Waals surface area contributed by atoms with Crippen LogP contribution in [-0.2, 0) is 17.5 Å². The molecule has 0 saturated carbocycles. The largest absolute Gasteiger partial charge is 0.419 e. The maximum absolute atomic E-state index is 12.3. The first kappa shape index (κ1) is 12.4. The van der Waals surface area contributed by atoms with Crippen LogP contribution in [0.25, 0.3) is 0 Å². The zero-order chi connectivity index (χ0) is 12.5. The van der Waals surface area contributed by atoms with Crippen LogP contribution in [-0.4, -0.2) is 29.0 Å². The van der Waals surface area contributed by atoms with Gasteiger partial charge in [0.25, 0.3) is 0 Å². The second-order valence-electron chi connectivity index (χ2n) is 4.24. The summed E-state index contributed by atoms with van der Waals surface area (Å²) in [5.41, 5.74) is 5.16. The first-order chi connectivity index (χ1) is 7.97. The third kappa shape index (κ3) is 2.98. The molecule has 7 heteroatoms. The highest BCUT2D eigenvalue weighted by molar-refractivity contribution is 5.08. The molecule has 1 saturated heterocycles. The molecule has 1 aromatic rings. The van der Waals surface area contributed by atoms with Gasteiger partial charge >= 0.3 is 6.18 Å². The van der Waals surface area contributed by atoms with E-state index in [0.717, 1.165) is 18.8 Å². The van der Waals surface area contributed by atoms with Crippen LogP contribution in [0, 0.1) is 5.92 Å². The van der Waals surface area contributed by atoms with Crippen molar-refractivity contribution in [3.63, 3.8) is 0 Å². The fourth-order valence-corrected chi connectivity index (χ4v) is 1.87. The summed E-state index contributed by atoms with van der Waals surface area (Å²) in [6.45, 7) is 1.53. The number of hydrogen-bond acceptors (Lipinski definition) is 3. The van der Waals surface area contributed by atoms with Gasteiger partial charge in [0.1, 0.15) is 0 Å². The summed E-state index contributed by atoms with van der Waals surface area (Å²) in [6.07, 6.45) is -1.69. The fourth-order valence-electron chi connectivity index (χ4n) is 1.87. The third-order valence-electron chi connectivity index (χ3n) is 2.93. The van der Waals surface area contributed by atoms with E-state index in [1.807, 2.05) is 0 Å². The molecule has 1 fully saturated rings. The molecule has 1 aromatic heterocycles. The Morgan fingerprint density at radius 1 is 1.59 bits per heavy atom. The molecular weight excluding hydrogens is 235 g/mol. The topological polar surface area (TPSA) is 53.1 Å². The minimum absolute atomic E-state index is 0.202. The van der Waals surface area contributed by atoms with E-state index >= 15 is 0 Å². The Kier molecular flexibility index (Phi) is 3.39. The summed E-state index contributed by atoms with van der Waals surface area (Å²) < 4.78 is 43.4. The summed E-state index contributed by atoms with van der Waals surface area (Å²) in [6, 6.07) is -0.224. The number of aromatic nitrogens is 2. The second-order valence-corrected chi connectivity index (χ2v) is 4.24. The summed E-state index contributed by atoms with van der Waals surface area (Å²) in [4.78, 5) is 0. The number of rotatable bonds is 3. The SMILES string of the molecule is NC(Cn1cc(C(F)(F)F)cn1)C1CCOC1. The molecule has 0 aromatic carbocycles. The van der Waals surface area contributed by atoms with Gasteiger partial charge in [-0.1, -0.05) is 0 Å². The minimum Gasteiger partial charge on any atom is -0.381 e. The highest BCUT2D eigenvalue weighted by atomic mass is 19.4. The Morgan fingerprint density at radius 2 is 2.35 bits per heavy atom. The van der Waals surface area contributed by atoms with E-state index in [-0.39, 0.29) is 18.5 Å². The van der Waals surface area contributed by atoms with Gasteiger partial charge in [-0.2, -0.15) is 18.3 Å². The standard InChI is InChI=1S/C10H14F3N3O/c11-10(12,13)8-3-15-16(4-8)5-9(14)7-1-2-17-6-7/h3-4,7,9H,1-2,5-6,14H2. The van der Waals surface area contributed by atoms with Gasteiger partial charge in [-0.3, -0.25) is 4.68 Å². The maximum atomic E-state index is 12.3. The maximum Gasteiger partial charge on any atom is 0.419 e. The Morgan fingerprint density at radius 3 is 2.88 bits per heavy atom. The predicted molar refractivity (Wildman–Crippen MR) is 54.1 cm³/mol. The number of alkyl halides is 3. The third-order valence-corrected chi connectivity index (χ3v) is 2.93. The van der Waals surface area contributed by atoms with Gasteiger partial charge in [0, 0.05) is 24.8 Å². The Balaban J connectivity index is 1.96. The van der Waals surface area contributed by atoms with Gasteiger partial charge in [0.05, 0.1) is 24.9 Å². The molecule has 0 spiro atoms. The lowest BCUT2D eigenvalue weighted by Gasteiger charge is -2.17. The molecular formula is C10H14F3N3O. The zero-order valence-corrected chi connectivity index (χ0v) is 9.15. The van der Waals surface area contributed by atoms with E-state index in [1.54, 1.807) is 0 Å². The van der Waals surface area contributed by atoms with Gasteiger partial charge in [-0.05, 0) is 6.42 Å². The number of nitrogens with zero attached hydrogens (tertiary/aromatic N) is 2. The molecule has 17 heavy (non-hydrogen) atoms. The smallest absolute Gasteiger partial charge is 0.381 e. The summed E-state index contributed by atoms with van der Waals surface area (Å²) in [5.74, 6) is 0.202. The Labute approximate surface area is 96.5 Å². The van der Waals surface area contributed by atoms with E-state index in [9.17, 15) is 13.2 Å². The van der Waals surface area contributed by atoms with Crippen molar-refractivity contribution >= 4 is 0 Å². The summed E-state index contributed by atoms with van der Waals surface area (Å²) in [5, 5.41) is 3.67. The molecule has 2 unspecified atom stereocenters. The normalized spacial score (nSPS) is 22.9. The number of nitrogens with two attached hydrogens (primary N) is 1. The molecule has 2 N–H and O–H groups in total. The van der Waals surface area contributed by atoms with Crippen molar-refractivity contribution in [1.29, 1.82) is 0 Å². The lowest BCUT2D eigenvalue weighted by atomic mass is 10.0. The minimum atomic E-state index is -4.35. The van der Waals surface area contributed by atoms with Gasteiger partial charge in [0.2, 0.25) is 0 Å². The molecule has 1 aliphatic heterocycles. The van der Waals surface area contributed by atoms with Crippen molar-refractivity contribution in [2.24, 2.45) is 11.7 Å². The van der Waals surface area contributed by atoms with E-state index in [4.69, 9.17) is 10.5 Å². The van der Waals surface area contributed by atoms with Crippen molar-refractivity contribution in [2.75, 3.05) is 13.2 Å². The lowest BCUT2D eigenvalue weighted by molar-refractivity contribution is -0.137. The quantitative estimate of drug-likeness (QED) is 0.877. The van der Waals surface area contributed by atoms with E-state index < -0.39 is 11.7 Å². The number of ether oxygens (including phenoxy) is 1. The average Bonchev–Trinajstić information content (AvgIpc) is 2.85. The van der Waals surface area contributed by atoms with Crippen molar-refractivity contribution < 1.29 is 17.9 Å². The van der Waals surface area contributed by atoms with Gasteiger partial charge < -0.3 is 10.5 Å². The van der Waals surface area contributed by atoms with Crippen molar-refractivity contribution in [2.45, 2.75) is 25.2 Å². The van der Waals surface area contributed by atoms with Crippen LogP contribution < -0.4 is 5.73 Å². The molecule has 4 nitrogen and oxygen atoms in total. The molecule has 2 atom stereocenters. The van der Waals surface area contributed by atoms with Crippen LogP contribution in [0.2, 0.25) is 0 Å². The van der Waals surface area contributed by atoms with Crippen molar-refractivity contribution in [1.82, 2.24) is 9.78 Å². The molecule has 2 rings (SSSR count). The van der Waals surface area contributed by atoms with Crippen LogP contribution in [0.3, 0.4) is 0 Å². The first-order valence-corrected chi connectivity index (χ1v) is 5.40. The molecule has 0 aliphatic carbocycles. The average molecular weight is 249 g/mol.